The van der Waals surface area contributed by atoms with E-state index in [1.54, 1.807) is 12.1 Å². The third-order valence-corrected chi connectivity index (χ3v) is 2.95. The molecule has 0 radical (unpaired) electrons. The molecular weight excluding hydrogens is 248 g/mol. The Labute approximate surface area is 107 Å². The van der Waals surface area contributed by atoms with E-state index in [0.717, 1.165) is 0 Å². The number of hydrogen-bond donors (Lipinski definition) is 2. The molecule has 0 atom stereocenters. The largest absolute Gasteiger partial charge is 0.508 e. The first-order valence-corrected chi connectivity index (χ1v) is 5.50. The first-order chi connectivity index (χ1) is 9.08. The predicted molar refractivity (Wildman–Crippen MR) is 65.0 cm³/mol. The highest BCUT2D eigenvalue weighted by atomic mass is 16.6. The van der Waals surface area contributed by atoms with Gasteiger partial charge in [0, 0.05) is 5.56 Å². The summed E-state index contributed by atoms with van der Waals surface area (Å²) < 4.78 is 4.54. The summed E-state index contributed by atoms with van der Waals surface area (Å²) >= 11 is 0. The molecule has 0 aliphatic carbocycles. The number of carbonyl (C=O) groups excluding carboxylic acids is 2. The minimum absolute atomic E-state index is 0.0391. The SMILES string of the molecule is O=C1OC(=O)c2c(O)ccc1c2-c1ccc(O)cc1. The number of cyclic esters (lactones) is 2. The number of phenolic OH excluding ortho intramolecular Hbond substituents is 2. The van der Waals surface area contributed by atoms with Crippen LogP contribution < -0.4 is 0 Å². The fourth-order valence-corrected chi connectivity index (χ4v) is 2.09. The smallest absolute Gasteiger partial charge is 0.350 e. The van der Waals surface area contributed by atoms with Crippen LogP contribution in [-0.2, 0) is 4.74 Å². The molecule has 2 aromatic rings. The predicted octanol–water partition coefficient (Wildman–Crippen LogP) is 2.08. The van der Waals surface area contributed by atoms with Gasteiger partial charge >= 0.3 is 11.9 Å². The number of aromatic hydroxyl groups is 2. The number of ether oxygens (including phenoxy) is 1. The Morgan fingerprint density at radius 3 is 2.16 bits per heavy atom. The number of rotatable bonds is 1. The van der Waals surface area contributed by atoms with Gasteiger partial charge in [-0.2, -0.15) is 0 Å². The quantitative estimate of drug-likeness (QED) is 0.602. The summed E-state index contributed by atoms with van der Waals surface area (Å²) in [5.74, 6) is -1.80. The molecule has 0 unspecified atom stereocenters. The zero-order chi connectivity index (χ0) is 13.6. The molecule has 94 valence electrons. The van der Waals surface area contributed by atoms with Crippen LogP contribution in [0, 0.1) is 0 Å². The molecule has 2 N–H and O–H groups in total. The standard InChI is InChI=1S/C14H8O5/c15-8-3-1-7(2-4-8)11-9-5-6-10(16)12(11)14(18)19-13(9)17/h1-6,15-16H. The summed E-state index contributed by atoms with van der Waals surface area (Å²) in [7, 11) is 0. The molecular formula is C14H8O5. The molecule has 1 aliphatic heterocycles. The lowest BCUT2D eigenvalue weighted by molar-refractivity contribution is 0.0385. The van der Waals surface area contributed by atoms with E-state index in [2.05, 4.69) is 4.74 Å². The van der Waals surface area contributed by atoms with Crippen molar-refractivity contribution in [3.8, 4) is 22.6 Å². The number of carbonyl (C=O) groups is 2. The summed E-state index contributed by atoms with van der Waals surface area (Å²) in [4.78, 5) is 23.4. The average molecular weight is 256 g/mol. The highest BCUT2D eigenvalue weighted by Gasteiger charge is 2.32. The first kappa shape index (κ1) is 11.3. The van der Waals surface area contributed by atoms with E-state index < -0.39 is 11.9 Å². The van der Waals surface area contributed by atoms with Crippen molar-refractivity contribution in [1.29, 1.82) is 0 Å². The lowest BCUT2D eigenvalue weighted by atomic mass is 9.92. The monoisotopic (exact) mass is 256 g/mol. The third-order valence-electron chi connectivity index (χ3n) is 2.95. The topological polar surface area (TPSA) is 83.8 Å². The summed E-state index contributed by atoms with van der Waals surface area (Å²) in [6.07, 6.45) is 0. The van der Waals surface area contributed by atoms with Crippen LogP contribution in [0.4, 0.5) is 0 Å². The van der Waals surface area contributed by atoms with Crippen LogP contribution in [-0.4, -0.2) is 22.2 Å². The number of phenols is 2. The van der Waals surface area contributed by atoms with Gasteiger partial charge in [-0.25, -0.2) is 9.59 Å². The Morgan fingerprint density at radius 1 is 0.789 bits per heavy atom. The zero-order valence-electron chi connectivity index (χ0n) is 9.58. The molecule has 0 fully saturated rings. The second kappa shape index (κ2) is 3.84. The molecule has 19 heavy (non-hydrogen) atoms. The molecule has 2 aromatic carbocycles. The Kier molecular flexibility index (Phi) is 2.28. The van der Waals surface area contributed by atoms with Gasteiger partial charge in [-0.05, 0) is 29.8 Å². The zero-order valence-corrected chi connectivity index (χ0v) is 9.58. The highest BCUT2D eigenvalue weighted by molar-refractivity contribution is 6.16. The number of fused-ring (bicyclic) bond motifs is 2. The Bertz CT molecular complexity index is 701. The summed E-state index contributed by atoms with van der Waals surface area (Å²) in [6, 6.07) is 8.67. The maximum Gasteiger partial charge on any atom is 0.350 e. The van der Waals surface area contributed by atoms with Crippen LogP contribution in [0.2, 0.25) is 0 Å². The average Bonchev–Trinajstić information content (AvgIpc) is 2.38. The van der Waals surface area contributed by atoms with Crippen molar-refractivity contribution in [3.05, 3.63) is 47.5 Å². The third kappa shape index (κ3) is 1.63. The molecule has 5 nitrogen and oxygen atoms in total. The van der Waals surface area contributed by atoms with Crippen LogP contribution >= 0.6 is 0 Å². The first-order valence-electron chi connectivity index (χ1n) is 5.50. The van der Waals surface area contributed by atoms with Crippen molar-refractivity contribution < 1.29 is 24.5 Å². The van der Waals surface area contributed by atoms with Crippen molar-refractivity contribution >= 4 is 11.9 Å². The number of esters is 2. The molecule has 2 bridgehead atoms. The van der Waals surface area contributed by atoms with Gasteiger partial charge < -0.3 is 14.9 Å². The van der Waals surface area contributed by atoms with Crippen LogP contribution in [0.25, 0.3) is 11.1 Å². The van der Waals surface area contributed by atoms with Crippen LogP contribution in [0.1, 0.15) is 20.7 Å². The van der Waals surface area contributed by atoms with Crippen molar-refractivity contribution in [3.63, 3.8) is 0 Å². The molecule has 0 aromatic heterocycles. The van der Waals surface area contributed by atoms with Crippen molar-refractivity contribution in [2.75, 3.05) is 0 Å². The van der Waals surface area contributed by atoms with Gasteiger partial charge in [0.15, 0.2) is 0 Å². The molecule has 1 aliphatic rings. The van der Waals surface area contributed by atoms with Gasteiger partial charge in [-0.1, -0.05) is 12.1 Å². The van der Waals surface area contributed by atoms with Gasteiger partial charge in [-0.3, -0.25) is 0 Å². The van der Waals surface area contributed by atoms with Crippen LogP contribution in [0.15, 0.2) is 36.4 Å². The van der Waals surface area contributed by atoms with Gasteiger partial charge in [0.25, 0.3) is 0 Å². The van der Waals surface area contributed by atoms with E-state index in [9.17, 15) is 19.8 Å². The summed E-state index contributed by atoms with van der Waals surface area (Å²) in [6.45, 7) is 0. The minimum Gasteiger partial charge on any atom is -0.508 e. The van der Waals surface area contributed by atoms with E-state index in [1.807, 2.05) is 0 Å². The van der Waals surface area contributed by atoms with E-state index in [1.165, 1.54) is 24.3 Å². The van der Waals surface area contributed by atoms with Gasteiger partial charge in [0.2, 0.25) is 0 Å². The van der Waals surface area contributed by atoms with Crippen molar-refractivity contribution in [2.24, 2.45) is 0 Å². The summed E-state index contributed by atoms with van der Waals surface area (Å²) in [5, 5.41) is 19.0. The van der Waals surface area contributed by atoms with E-state index in [-0.39, 0.29) is 22.6 Å². The normalized spacial score (nSPS) is 13.3. The second-order valence-corrected chi connectivity index (χ2v) is 4.11. The van der Waals surface area contributed by atoms with Crippen LogP contribution in [0.5, 0.6) is 11.5 Å². The maximum absolute atomic E-state index is 11.7. The fourth-order valence-electron chi connectivity index (χ4n) is 2.09. The molecule has 1 heterocycles. The van der Waals surface area contributed by atoms with E-state index in [0.29, 0.717) is 11.1 Å². The lowest BCUT2D eigenvalue weighted by Crippen LogP contribution is -2.21. The van der Waals surface area contributed by atoms with Crippen molar-refractivity contribution in [1.82, 2.24) is 0 Å². The molecule has 0 spiro atoms. The van der Waals surface area contributed by atoms with Gasteiger partial charge in [-0.15, -0.1) is 0 Å². The Balaban J connectivity index is 2.34. The van der Waals surface area contributed by atoms with Crippen LogP contribution in [0.3, 0.4) is 0 Å². The van der Waals surface area contributed by atoms with Gasteiger partial charge in [0.1, 0.15) is 17.1 Å². The molecule has 3 rings (SSSR count). The number of benzene rings is 2. The Hall–Kier alpha value is -2.82. The maximum atomic E-state index is 11.7. The number of hydrogen-bond acceptors (Lipinski definition) is 5. The van der Waals surface area contributed by atoms with E-state index in [4.69, 9.17) is 0 Å². The lowest BCUT2D eigenvalue weighted by Gasteiger charge is -2.19. The highest BCUT2D eigenvalue weighted by Crippen LogP contribution is 2.37. The molecule has 0 amide bonds. The molecule has 0 saturated carbocycles. The van der Waals surface area contributed by atoms with Crippen molar-refractivity contribution in [2.45, 2.75) is 0 Å². The molecule has 5 heteroatoms. The minimum atomic E-state index is -0.876. The summed E-state index contributed by atoms with van der Waals surface area (Å²) in [5.41, 5.74) is 1.03. The second-order valence-electron chi connectivity index (χ2n) is 4.11. The molecule has 0 saturated heterocycles. The van der Waals surface area contributed by atoms with E-state index >= 15 is 0 Å². The Morgan fingerprint density at radius 2 is 1.47 bits per heavy atom. The van der Waals surface area contributed by atoms with Gasteiger partial charge in [0.05, 0.1) is 5.56 Å². The fraction of sp³-hybridized carbons (Fsp3) is 0.